The summed E-state index contributed by atoms with van der Waals surface area (Å²) in [6.07, 6.45) is 2.29. The van der Waals surface area contributed by atoms with Crippen LogP contribution in [0.4, 0.5) is 0 Å². The zero-order chi connectivity index (χ0) is 14.1. The highest BCUT2D eigenvalue weighted by Crippen LogP contribution is 2.17. The van der Waals surface area contributed by atoms with Crippen LogP contribution >= 0.6 is 0 Å². The van der Waals surface area contributed by atoms with Crippen LogP contribution in [0.3, 0.4) is 0 Å². The Labute approximate surface area is 117 Å². The quantitative estimate of drug-likeness (QED) is 0.734. The van der Waals surface area contributed by atoms with Gasteiger partial charge in [-0.25, -0.2) is 0 Å². The maximum Gasteiger partial charge on any atom is 0.119 e. The Kier molecular flexibility index (Phi) is 6.71. The van der Waals surface area contributed by atoms with Gasteiger partial charge in [-0.3, -0.25) is 0 Å². The highest BCUT2D eigenvalue weighted by atomic mass is 16.5. The molecule has 0 bridgehead atoms. The number of hydrogen-bond donors (Lipinski definition) is 1. The Morgan fingerprint density at radius 2 is 1.53 bits per heavy atom. The van der Waals surface area contributed by atoms with E-state index in [-0.39, 0.29) is 0 Å². The van der Waals surface area contributed by atoms with Crippen molar-refractivity contribution in [3.63, 3.8) is 0 Å². The highest BCUT2D eigenvalue weighted by Gasteiger charge is 2.11. The summed E-state index contributed by atoms with van der Waals surface area (Å²) >= 11 is 0. The van der Waals surface area contributed by atoms with Gasteiger partial charge >= 0.3 is 0 Å². The lowest BCUT2D eigenvalue weighted by Crippen LogP contribution is -2.94. The van der Waals surface area contributed by atoms with Crippen LogP contribution in [0.5, 0.6) is 11.5 Å². The standard InChI is InChI=1S/C16H27NO2/c1-5-18-14-8-10-15(11-9-14)19-13-7-6-12-17-16(2,3)4/h8-11,17H,5-7,12-13H2,1-4H3/p+1. The average Bonchev–Trinajstić information content (AvgIpc) is 2.35. The number of quaternary nitrogens is 1. The van der Waals surface area contributed by atoms with Gasteiger partial charge in [-0.2, -0.15) is 0 Å². The Hall–Kier alpha value is -1.22. The molecule has 0 aliphatic rings. The Bertz CT molecular complexity index is 341. The minimum absolute atomic E-state index is 0.329. The smallest absolute Gasteiger partial charge is 0.119 e. The van der Waals surface area contributed by atoms with E-state index in [1.54, 1.807) is 0 Å². The third kappa shape index (κ3) is 7.73. The summed E-state index contributed by atoms with van der Waals surface area (Å²) in [6, 6.07) is 7.83. The van der Waals surface area contributed by atoms with Crippen molar-refractivity contribution in [3.8, 4) is 11.5 Å². The topological polar surface area (TPSA) is 35.1 Å². The second-order valence-corrected chi connectivity index (χ2v) is 5.82. The van der Waals surface area contributed by atoms with Crippen molar-refractivity contribution in [1.82, 2.24) is 0 Å². The van der Waals surface area contributed by atoms with Gasteiger partial charge in [0.2, 0.25) is 0 Å². The Morgan fingerprint density at radius 1 is 0.947 bits per heavy atom. The second kappa shape index (κ2) is 8.05. The molecule has 0 aliphatic heterocycles. The van der Waals surface area contributed by atoms with Gasteiger partial charge in [0.05, 0.1) is 25.3 Å². The summed E-state index contributed by atoms with van der Waals surface area (Å²) in [6.45, 7) is 11.3. The van der Waals surface area contributed by atoms with Crippen molar-refractivity contribution in [2.24, 2.45) is 0 Å². The van der Waals surface area contributed by atoms with Gasteiger partial charge in [0.15, 0.2) is 0 Å². The molecule has 0 heterocycles. The molecule has 1 rings (SSSR count). The molecule has 108 valence electrons. The molecule has 1 aromatic rings. The van der Waals surface area contributed by atoms with Gasteiger partial charge in [0.25, 0.3) is 0 Å². The molecule has 0 amide bonds. The first-order chi connectivity index (χ1) is 9.01. The molecule has 2 N–H and O–H groups in total. The van der Waals surface area contributed by atoms with E-state index in [0.29, 0.717) is 12.1 Å². The van der Waals surface area contributed by atoms with E-state index in [9.17, 15) is 0 Å². The Balaban J connectivity index is 2.12. The summed E-state index contributed by atoms with van der Waals surface area (Å²) < 4.78 is 11.1. The first-order valence-corrected chi connectivity index (χ1v) is 7.21. The lowest BCUT2D eigenvalue weighted by Gasteiger charge is -2.16. The fourth-order valence-corrected chi connectivity index (χ4v) is 1.77. The minimum atomic E-state index is 0.329. The summed E-state index contributed by atoms with van der Waals surface area (Å²) in [5.74, 6) is 1.82. The molecule has 0 radical (unpaired) electrons. The number of unbranched alkanes of at least 4 members (excludes halogenated alkanes) is 1. The maximum absolute atomic E-state index is 5.70. The van der Waals surface area contributed by atoms with Gasteiger partial charge in [-0.05, 0) is 64.8 Å². The molecule has 0 atom stereocenters. The van der Waals surface area contributed by atoms with Crippen LogP contribution in [0.2, 0.25) is 0 Å². The summed E-state index contributed by atoms with van der Waals surface area (Å²) in [5, 5.41) is 2.38. The summed E-state index contributed by atoms with van der Waals surface area (Å²) in [7, 11) is 0. The van der Waals surface area contributed by atoms with Crippen LogP contribution in [-0.4, -0.2) is 25.3 Å². The first kappa shape index (κ1) is 15.8. The van der Waals surface area contributed by atoms with E-state index in [1.807, 2.05) is 31.2 Å². The number of hydrogen-bond acceptors (Lipinski definition) is 2. The van der Waals surface area contributed by atoms with Crippen LogP contribution in [0.25, 0.3) is 0 Å². The number of benzene rings is 1. The molecule has 0 saturated carbocycles. The van der Waals surface area contributed by atoms with Crippen molar-refractivity contribution < 1.29 is 14.8 Å². The van der Waals surface area contributed by atoms with Gasteiger partial charge in [-0.1, -0.05) is 0 Å². The zero-order valence-electron chi connectivity index (χ0n) is 12.7. The first-order valence-electron chi connectivity index (χ1n) is 7.21. The molecule has 0 saturated heterocycles. The molecule has 0 aliphatic carbocycles. The Morgan fingerprint density at radius 3 is 2.05 bits per heavy atom. The molecule has 0 fully saturated rings. The van der Waals surface area contributed by atoms with Gasteiger partial charge in [0.1, 0.15) is 11.5 Å². The van der Waals surface area contributed by atoms with Gasteiger partial charge in [0, 0.05) is 0 Å². The molecule has 1 aromatic carbocycles. The predicted octanol–water partition coefficient (Wildman–Crippen LogP) is 2.61. The van der Waals surface area contributed by atoms with E-state index in [2.05, 4.69) is 26.1 Å². The second-order valence-electron chi connectivity index (χ2n) is 5.82. The molecular weight excluding hydrogens is 238 g/mol. The third-order valence-electron chi connectivity index (χ3n) is 2.76. The lowest BCUT2D eigenvalue weighted by molar-refractivity contribution is -0.717. The average molecular weight is 266 g/mol. The van der Waals surface area contributed by atoms with Crippen molar-refractivity contribution in [1.29, 1.82) is 0 Å². The highest BCUT2D eigenvalue weighted by molar-refractivity contribution is 5.31. The van der Waals surface area contributed by atoms with Crippen molar-refractivity contribution in [2.45, 2.75) is 46.1 Å². The largest absolute Gasteiger partial charge is 0.494 e. The summed E-state index contributed by atoms with van der Waals surface area (Å²) in [4.78, 5) is 0. The van der Waals surface area contributed by atoms with Crippen LogP contribution < -0.4 is 14.8 Å². The van der Waals surface area contributed by atoms with E-state index in [0.717, 1.165) is 31.1 Å². The molecule has 19 heavy (non-hydrogen) atoms. The molecule has 3 heteroatoms. The SMILES string of the molecule is CCOc1ccc(OCCCC[NH2+]C(C)(C)C)cc1. The molecule has 3 nitrogen and oxygen atoms in total. The van der Waals surface area contributed by atoms with Crippen molar-refractivity contribution in [2.75, 3.05) is 19.8 Å². The van der Waals surface area contributed by atoms with Crippen LogP contribution in [0, 0.1) is 0 Å². The molecular formula is C16H28NO2+. The number of nitrogens with two attached hydrogens (primary N) is 1. The normalized spacial score (nSPS) is 11.4. The fourth-order valence-electron chi connectivity index (χ4n) is 1.77. The van der Waals surface area contributed by atoms with Crippen LogP contribution in [0.1, 0.15) is 40.5 Å². The number of ether oxygens (including phenoxy) is 2. The fraction of sp³-hybridized carbons (Fsp3) is 0.625. The third-order valence-corrected chi connectivity index (χ3v) is 2.76. The van der Waals surface area contributed by atoms with E-state index in [1.165, 1.54) is 6.42 Å². The monoisotopic (exact) mass is 266 g/mol. The molecule has 0 aromatic heterocycles. The zero-order valence-corrected chi connectivity index (χ0v) is 12.7. The van der Waals surface area contributed by atoms with Crippen molar-refractivity contribution in [3.05, 3.63) is 24.3 Å². The van der Waals surface area contributed by atoms with Gasteiger partial charge < -0.3 is 14.8 Å². The number of rotatable bonds is 8. The maximum atomic E-state index is 5.70. The van der Waals surface area contributed by atoms with Crippen molar-refractivity contribution >= 4 is 0 Å². The van der Waals surface area contributed by atoms with Crippen LogP contribution in [-0.2, 0) is 0 Å². The molecule has 0 spiro atoms. The van der Waals surface area contributed by atoms with E-state index < -0.39 is 0 Å². The minimum Gasteiger partial charge on any atom is -0.494 e. The summed E-state index contributed by atoms with van der Waals surface area (Å²) in [5.41, 5.74) is 0.329. The lowest BCUT2D eigenvalue weighted by atomic mass is 10.1. The van der Waals surface area contributed by atoms with Crippen LogP contribution in [0.15, 0.2) is 24.3 Å². The van der Waals surface area contributed by atoms with E-state index >= 15 is 0 Å². The molecule has 0 unspecified atom stereocenters. The predicted molar refractivity (Wildman–Crippen MR) is 78.9 cm³/mol. The van der Waals surface area contributed by atoms with Gasteiger partial charge in [-0.15, -0.1) is 0 Å². The van der Waals surface area contributed by atoms with E-state index in [4.69, 9.17) is 9.47 Å².